The molecule has 2 atom stereocenters. The molecular formula is C19H27N3O. The van der Waals surface area contributed by atoms with Gasteiger partial charge >= 0.3 is 0 Å². The third kappa shape index (κ3) is 3.81. The van der Waals surface area contributed by atoms with Crippen LogP contribution in [0.5, 0.6) is 0 Å². The first-order chi connectivity index (χ1) is 11.2. The van der Waals surface area contributed by atoms with Crippen molar-refractivity contribution in [1.82, 2.24) is 15.0 Å². The predicted molar refractivity (Wildman–Crippen MR) is 91.3 cm³/mol. The molecule has 1 aromatic carbocycles. The molecule has 0 N–H and O–H groups in total. The van der Waals surface area contributed by atoms with E-state index in [1.807, 2.05) is 0 Å². The second-order valence-electron chi connectivity index (χ2n) is 6.78. The summed E-state index contributed by atoms with van der Waals surface area (Å²) in [6, 6.07) is 9.29. The minimum absolute atomic E-state index is 0.547. The number of hydrogen-bond donors (Lipinski definition) is 0. The zero-order valence-electron chi connectivity index (χ0n) is 14.5. The zero-order chi connectivity index (χ0) is 16.2. The van der Waals surface area contributed by atoms with Gasteiger partial charge < -0.3 is 4.52 Å². The number of nitrogens with zero attached hydrogens (tertiary/aromatic N) is 3. The topological polar surface area (TPSA) is 42.2 Å². The Morgan fingerprint density at radius 1 is 1.30 bits per heavy atom. The van der Waals surface area contributed by atoms with Crippen LogP contribution in [0.1, 0.15) is 61.9 Å². The molecule has 0 saturated carbocycles. The minimum Gasteiger partial charge on any atom is -0.338 e. The van der Waals surface area contributed by atoms with Crippen molar-refractivity contribution >= 4 is 0 Å². The maximum absolute atomic E-state index is 5.43. The smallest absolute Gasteiger partial charge is 0.240 e. The Morgan fingerprint density at radius 3 is 2.91 bits per heavy atom. The Kier molecular flexibility index (Phi) is 5.11. The normalized spacial score (nSPS) is 21.9. The zero-order valence-corrected chi connectivity index (χ0v) is 14.5. The highest BCUT2D eigenvalue weighted by atomic mass is 16.5. The second kappa shape index (κ2) is 7.26. The van der Waals surface area contributed by atoms with Crippen LogP contribution in [-0.4, -0.2) is 27.6 Å². The van der Waals surface area contributed by atoms with E-state index in [0.717, 1.165) is 44.1 Å². The number of hydrogen-bond acceptors (Lipinski definition) is 4. The Morgan fingerprint density at radius 2 is 2.13 bits per heavy atom. The molecule has 124 valence electrons. The molecule has 4 heteroatoms. The van der Waals surface area contributed by atoms with Crippen LogP contribution in [0.3, 0.4) is 0 Å². The monoisotopic (exact) mass is 313 g/mol. The summed E-state index contributed by atoms with van der Waals surface area (Å²) < 4.78 is 5.43. The van der Waals surface area contributed by atoms with E-state index in [-0.39, 0.29) is 0 Å². The molecule has 1 saturated heterocycles. The molecule has 1 aromatic heterocycles. The fourth-order valence-electron chi connectivity index (χ4n) is 3.55. The van der Waals surface area contributed by atoms with Gasteiger partial charge in [0.1, 0.15) is 0 Å². The van der Waals surface area contributed by atoms with E-state index in [1.165, 1.54) is 17.5 Å². The summed E-state index contributed by atoms with van der Waals surface area (Å²) in [5.41, 5.74) is 2.88. The summed E-state index contributed by atoms with van der Waals surface area (Å²) >= 11 is 0. The number of unbranched alkanes of at least 4 members (excludes halogenated alkanes) is 1. The SMILES string of the molecule is CCCCc1noc(CN2CC(c3ccccc3C)CC2C)n1. The summed E-state index contributed by atoms with van der Waals surface area (Å²) in [4.78, 5) is 7.01. The van der Waals surface area contributed by atoms with Crippen LogP contribution in [0.15, 0.2) is 28.8 Å². The van der Waals surface area contributed by atoms with E-state index in [9.17, 15) is 0 Å². The summed E-state index contributed by atoms with van der Waals surface area (Å²) in [5, 5.41) is 4.10. The molecule has 3 rings (SSSR count). The molecule has 1 aliphatic rings. The number of likely N-dealkylation sites (tertiary alicyclic amines) is 1. The van der Waals surface area contributed by atoms with Crippen LogP contribution in [0.4, 0.5) is 0 Å². The van der Waals surface area contributed by atoms with E-state index in [2.05, 4.69) is 60.1 Å². The molecule has 4 nitrogen and oxygen atoms in total. The van der Waals surface area contributed by atoms with Crippen LogP contribution in [0.25, 0.3) is 0 Å². The van der Waals surface area contributed by atoms with Gasteiger partial charge in [-0.15, -0.1) is 0 Å². The lowest BCUT2D eigenvalue weighted by molar-refractivity contribution is 0.220. The first-order valence-corrected chi connectivity index (χ1v) is 8.78. The summed E-state index contributed by atoms with van der Waals surface area (Å²) in [6.45, 7) is 8.52. The van der Waals surface area contributed by atoms with Crippen molar-refractivity contribution in [3.63, 3.8) is 0 Å². The lowest BCUT2D eigenvalue weighted by Crippen LogP contribution is -2.26. The first-order valence-electron chi connectivity index (χ1n) is 8.78. The summed E-state index contributed by atoms with van der Waals surface area (Å²) in [5.74, 6) is 2.21. The number of rotatable bonds is 6. The number of aromatic nitrogens is 2. The summed E-state index contributed by atoms with van der Waals surface area (Å²) in [6.07, 6.45) is 4.39. The Hall–Kier alpha value is -1.68. The molecule has 0 amide bonds. The maximum Gasteiger partial charge on any atom is 0.240 e. The fraction of sp³-hybridized carbons (Fsp3) is 0.579. The van der Waals surface area contributed by atoms with Gasteiger partial charge in [-0.25, -0.2) is 0 Å². The molecule has 2 unspecified atom stereocenters. The Labute approximate surface area is 138 Å². The van der Waals surface area contributed by atoms with Crippen molar-refractivity contribution in [3.05, 3.63) is 47.1 Å². The van der Waals surface area contributed by atoms with E-state index in [4.69, 9.17) is 4.52 Å². The van der Waals surface area contributed by atoms with Crippen LogP contribution in [0, 0.1) is 6.92 Å². The van der Waals surface area contributed by atoms with Crippen molar-refractivity contribution in [3.8, 4) is 0 Å². The lowest BCUT2D eigenvalue weighted by Gasteiger charge is -2.18. The highest BCUT2D eigenvalue weighted by Gasteiger charge is 2.31. The van der Waals surface area contributed by atoms with Gasteiger partial charge in [-0.1, -0.05) is 42.8 Å². The Bertz CT molecular complexity index is 637. The van der Waals surface area contributed by atoms with E-state index in [1.54, 1.807) is 0 Å². The van der Waals surface area contributed by atoms with Crippen molar-refractivity contribution in [2.24, 2.45) is 0 Å². The van der Waals surface area contributed by atoms with Crippen molar-refractivity contribution < 1.29 is 4.52 Å². The van der Waals surface area contributed by atoms with Gasteiger partial charge in [-0.2, -0.15) is 4.98 Å². The van der Waals surface area contributed by atoms with Crippen molar-refractivity contribution in [1.29, 1.82) is 0 Å². The van der Waals surface area contributed by atoms with E-state index in [0.29, 0.717) is 12.0 Å². The van der Waals surface area contributed by atoms with Crippen molar-refractivity contribution in [2.45, 2.75) is 65.0 Å². The quantitative estimate of drug-likeness (QED) is 0.805. The Balaban J connectivity index is 1.63. The maximum atomic E-state index is 5.43. The van der Waals surface area contributed by atoms with Gasteiger partial charge in [0.15, 0.2) is 5.82 Å². The lowest BCUT2D eigenvalue weighted by atomic mass is 9.93. The predicted octanol–water partition coefficient (Wildman–Crippen LogP) is 4.10. The van der Waals surface area contributed by atoms with Crippen LogP contribution < -0.4 is 0 Å². The summed E-state index contributed by atoms with van der Waals surface area (Å²) in [7, 11) is 0. The first kappa shape index (κ1) is 16.2. The third-order valence-corrected chi connectivity index (χ3v) is 4.93. The minimum atomic E-state index is 0.547. The van der Waals surface area contributed by atoms with Gasteiger partial charge in [-0.05, 0) is 43.7 Å². The van der Waals surface area contributed by atoms with E-state index >= 15 is 0 Å². The van der Waals surface area contributed by atoms with Gasteiger partial charge in [0.2, 0.25) is 5.89 Å². The average Bonchev–Trinajstić information content (AvgIpc) is 3.13. The molecule has 0 bridgehead atoms. The van der Waals surface area contributed by atoms with E-state index < -0.39 is 0 Å². The van der Waals surface area contributed by atoms with Crippen LogP contribution in [0.2, 0.25) is 0 Å². The van der Waals surface area contributed by atoms with Gasteiger partial charge in [0.05, 0.1) is 6.54 Å². The number of benzene rings is 1. The highest BCUT2D eigenvalue weighted by Crippen LogP contribution is 2.33. The molecule has 0 radical (unpaired) electrons. The molecule has 0 spiro atoms. The highest BCUT2D eigenvalue weighted by molar-refractivity contribution is 5.30. The largest absolute Gasteiger partial charge is 0.338 e. The fourth-order valence-corrected chi connectivity index (χ4v) is 3.55. The molecule has 2 aromatic rings. The molecule has 23 heavy (non-hydrogen) atoms. The molecule has 1 aliphatic heterocycles. The van der Waals surface area contributed by atoms with Gasteiger partial charge in [0.25, 0.3) is 0 Å². The molecule has 2 heterocycles. The second-order valence-corrected chi connectivity index (χ2v) is 6.78. The van der Waals surface area contributed by atoms with Gasteiger partial charge in [0, 0.05) is 19.0 Å². The van der Waals surface area contributed by atoms with Crippen LogP contribution >= 0.6 is 0 Å². The van der Waals surface area contributed by atoms with Crippen LogP contribution in [-0.2, 0) is 13.0 Å². The average molecular weight is 313 g/mol. The molecular weight excluding hydrogens is 286 g/mol. The molecule has 1 fully saturated rings. The van der Waals surface area contributed by atoms with Crippen molar-refractivity contribution in [2.75, 3.05) is 6.54 Å². The third-order valence-electron chi connectivity index (χ3n) is 4.93. The standard InChI is InChI=1S/C19H27N3O/c1-4-5-10-18-20-19(23-21-18)13-22-12-16(11-15(22)3)17-9-7-6-8-14(17)2/h6-9,15-16H,4-5,10-13H2,1-3H3. The van der Waals surface area contributed by atoms with Gasteiger partial charge in [-0.3, -0.25) is 4.90 Å². The molecule has 0 aliphatic carbocycles. The number of aryl methyl sites for hydroxylation is 2.